The van der Waals surface area contributed by atoms with Crippen LogP contribution in [0.1, 0.15) is 28.4 Å². The van der Waals surface area contributed by atoms with E-state index in [-0.39, 0.29) is 12.0 Å². The predicted molar refractivity (Wildman–Crippen MR) is 84.7 cm³/mol. The molecule has 0 saturated heterocycles. The molecule has 7 heteroatoms. The molecule has 2 aromatic rings. The Hall–Kier alpha value is -2.47. The lowest BCUT2D eigenvalue weighted by molar-refractivity contribution is -0.141. The Kier molecular flexibility index (Phi) is 5.87. The molecule has 126 valence electrons. The number of esters is 1. The highest BCUT2D eigenvalue weighted by atomic mass is 35.5. The molecular weight excluding hydrogens is 340 g/mol. The van der Waals surface area contributed by atoms with Crippen LogP contribution in [0.15, 0.2) is 42.5 Å². The maximum Gasteiger partial charge on any atom is 0.307 e. The maximum absolute atomic E-state index is 13.7. The minimum Gasteiger partial charge on any atom is -0.469 e. The molecule has 0 aliphatic rings. The van der Waals surface area contributed by atoms with Crippen molar-refractivity contribution in [2.24, 2.45) is 0 Å². The van der Waals surface area contributed by atoms with Gasteiger partial charge < -0.3 is 10.1 Å². The highest BCUT2D eigenvalue weighted by Crippen LogP contribution is 2.21. The van der Waals surface area contributed by atoms with E-state index in [1.165, 1.54) is 7.11 Å². The van der Waals surface area contributed by atoms with Gasteiger partial charge in [-0.1, -0.05) is 23.7 Å². The number of benzene rings is 2. The van der Waals surface area contributed by atoms with E-state index >= 15 is 0 Å². The van der Waals surface area contributed by atoms with Crippen molar-refractivity contribution in [3.8, 4) is 0 Å². The van der Waals surface area contributed by atoms with Crippen molar-refractivity contribution in [1.29, 1.82) is 0 Å². The SMILES string of the molecule is COC(=O)CC(NC(=O)c1ccc(F)cc1F)c1ccc(Cl)cc1. The molecule has 0 spiro atoms. The van der Waals surface area contributed by atoms with Gasteiger partial charge in [0, 0.05) is 11.1 Å². The molecule has 0 saturated carbocycles. The minimum atomic E-state index is -0.986. The van der Waals surface area contributed by atoms with Gasteiger partial charge >= 0.3 is 5.97 Å². The van der Waals surface area contributed by atoms with Crippen LogP contribution in [0.2, 0.25) is 5.02 Å². The molecule has 0 fully saturated rings. The van der Waals surface area contributed by atoms with Crippen molar-refractivity contribution in [3.05, 3.63) is 70.2 Å². The first kappa shape index (κ1) is 17.9. The van der Waals surface area contributed by atoms with Gasteiger partial charge in [-0.15, -0.1) is 0 Å². The fourth-order valence-corrected chi connectivity index (χ4v) is 2.23. The van der Waals surface area contributed by atoms with E-state index < -0.39 is 29.6 Å². The summed E-state index contributed by atoms with van der Waals surface area (Å²) in [5.41, 5.74) is 0.279. The zero-order chi connectivity index (χ0) is 17.7. The van der Waals surface area contributed by atoms with E-state index in [4.69, 9.17) is 11.6 Å². The third kappa shape index (κ3) is 4.52. The zero-order valence-corrected chi connectivity index (χ0v) is 13.4. The number of carbonyl (C=O) groups is 2. The second kappa shape index (κ2) is 7.88. The summed E-state index contributed by atoms with van der Waals surface area (Å²) in [6.07, 6.45) is -0.146. The van der Waals surface area contributed by atoms with E-state index in [0.717, 1.165) is 12.1 Å². The van der Waals surface area contributed by atoms with Gasteiger partial charge in [0.05, 0.1) is 25.1 Å². The lowest BCUT2D eigenvalue weighted by atomic mass is 10.0. The molecule has 1 amide bonds. The lowest BCUT2D eigenvalue weighted by Gasteiger charge is -2.18. The predicted octanol–water partition coefficient (Wildman–Crippen LogP) is 3.65. The average molecular weight is 354 g/mol. The molecular formula is C17H14ClF2NO3. The number of nitrogens with one attached hydrogen (secondary N) is 1. The lowest BCUT2D eigenvalue weighted by Crippen LogP contribution is -2.31. The third-order valence-corrected chi connectivity index (χ3v) is 3.60. The van der Waals surface area contributed by atoms with Gasteiger partial charge in [0.1, 0.15) is 11.6 Å². The molecule has 2 aromatic carbocycles. The van der Waals surface area contributed by atoms with Crippen molar-refractivity contribution in [2.75, 3.05) is 7.11 Å². The summed E-state index contributed by atoms with van der Waals surface area (Å²) in [5, 5.41) is 3.04. The summed E-state index contributed by atoms with van der Waals surface area (Å²) in [5.74, 6) is -3.08. The van der Waals surface area contributed by atoms with Crippen LogP contribution in [0.25, 0.3) is 0 Å². The van der Waals surface area contributed by atoms with Crippen LogP contribution in [-0.4, -0.2) is 19.0 Å². The van der Waals surface area contributed by atoms with Crippen LogP contribution >= 0.6 is 11.6 Å². The Labute approximate surface area is 142 Å². The third-order valence-electron chi connectivity index (χ3n) is 3.35. The van der Waals surface area contributed by atoms with E-state index in [0.29, 0.717) is 16.7 Å². The minimum absolute atomic E-state index is 0.146. The molecule has 2 rings (SSSR count). The second-order valence-corrected chi connectivity index (χ2v) is 5.42. The first-order valence-electron chi connectivity index (χ1n) is 6.99. The zero-order valence-electron chi connectivity index (χ0n) is 12.7. The van der Waals surface area contributed by atoms with Crippen LogP contribution in [0, 0.1) is 11.6 Å². The number of hydrogen-bond acceptors (Lipinski definition) is 3. The Bertz CT molecular complexity index is 750. The van der Waals surface area contributed by atoms with Crippen LogP contribution in [-0.2, 0) is 9.53 Å². The fourth-order valence-electron chi connectivity index (χ4n) is 2.11. The van der Waals surface area contributed by atoms with Gasteiger partial charge in [0.2, 0.25) is 0 Å². The summed E-state index contributed by atoms with van der Waals surface area (Å²) in [6, 6.07) is 8.37. The normalized spacial score (nSPS) is 11.7. The molecule has 1 N–H and O–H groups in total. The van der Waals surface area contributed by atoms with Crippen molar-refractivity contribution >= 4 is 23.5 Å². The van der Waals surface area contributed by atoms with Crippen LogP contribution in [0.5, 0.6) is 0 Å². The maximum atomic E-state index is 13.7. The molecule has 0 aromatic heterocycles. The standard InChI is InChI=1S/C17H14ClF2NO3/c1-24-16(22)9-15(10-2-4-11(18)5-3-10)21-17(23)13-7-6-12(19)8-14(13)20/h2-8,15H,9H2,1H3,(H,21,23). The molecule has 4 nitrogen and oxygen atoms in total. The molecule has 0 aliphatic heterocycles. The van der Waals surface area contributed by atoms with Gasteiger partial charge in [-0.25, -0.2) is 8.78 Å². The van der Waals surface area contributed by atoms with E-state index in [9.17, 15) is 18.4 Å². The molecule has 0 bridgehead atoms. The topological polar surface area (TPSA) is 55.4 Å². The molecule has 0 radical (unpaired) electrons. The van der Waals surface area contributed by atoms with Crippen LogP contribution in [0.4, 0.5) is 8.78 Å². The number of halogens is 3. The van der Waals surface area contributed by atoms with Crippen molar-refractivity contribution < 1.29 is 23.1 Å². The van der Waals surface area contributed by atoms with Gasteiger partial charge in [-0.3, -0.25) is 9.59 Å². The van der Waals surface area contributed by atoms with E-state index in [1.54, 1.807) is 24.3 Å². The quantitative estimate of drug-likeness (QED) is 0.835. The number of rotatable bonds is 5. The Morgan fingerprint density at radius 2 is 1.83 bits per heavy atom. The highest BCUT2D eigenvalue weighted by Gasteiger charge is 2.21. The number of carbonyl (C=O) groups excluding carboxylic acids is 2. The van der Waals surface area contributed by atoms with Crippen molar-refractivity contribution in [3.63, 3.8) is 0 Å². The smallest absolute Gasteiger partial charge is 0.307 e. The summed E-state index contributed by atoms with van der Waals surface area (Å²) in [7, 11) is 1.22. The molecule has 24 heavy (non-hydrogen) atoms. The molecule has 1 unspecified atom stereocenters. The Morgan fingerprint density at radius 3 is 2.42 bits per heavy atom. The summed E-state index contributed by atoms with van der Waals surface area (Å²) in [6.45, 7) is 0. The molecule has 0 aliphatic carbocycles. The Balaban J connectivity index is 2.25. The first-order chi connectivity index (χ1) is 11.4. The van der Waals surface area contributed by atoms with Crippen molar-refractivity contribution in [2.45, 2.75) is 12.5 Å². The number of hydrogen-bond donors (Lipinski definition) is 1. The van der Waals surface area contributed by atoms with Gasteiger partial charge in [-0.05, 0) is 29.8 Å². The number of ether oxygens (including phenoxy) is 1. The first-order valence-corrected chi connectivity index (χ1v) is 7.36. The number of methoxy groups -OCH3 is 1. The van der Waals surface area contributed by atoms with Gasteiger partial charge in [0.15, 0.2) is 0 Å². The average Bonchev–Trinajstić information content (AvgIpc) is 2.54. The van der Waals surface area contributed by atoms with Crippen LogP contribution in [0.3, 0.4) is 0 Å². The summed E-state index contributed by atoms with van der Waals surface area (Å²) >= 11 is 5.82. The van der Waals surface area contributed by atoms with Crippen LogP contribution < -0.4 is 5.32 Å². The monoisotopic (exact) mass is 353 g/mol. The van der Waals surface area contributed by atoms with E-state index in [2.05, 4.69) is 10.1 Å². The van der Waals surface area contributed by atoms with Gasteiger partial charge in [-0.2, -0.15) is 0 Å². The molecule has 1 atom stereocenters. The van der Waals surface area contributed by atoms with E-state index in [1.807, 2.05) is 0 Å². The summed E-state index contributed by atoms with van der Waals surface area (Å²) in [4.78, 5) is 23.8. The number of amides is 1. The highest BCUT2D eigenvalue weighted by molar-refractivity contribution is 6.30. The Morgan fingerprint density at radius 1 is 1.17 bits per heavy atom. The van der Waals surface area contributed by atoms with Crippen molar-refractivity contribution in [1.82, 2.24) is 5.32 Å². The second-order valence-electron chi connectivity index (χ2n) is 4.98. The van der Waals surface area contributed by atoms with Gasteiger partial charge in [0.25, 0.3) is 5.91 Å². The molecule has 0 heterocycles. The fraction of sp³-hybridized carbons (Fsp3) is 0.176. The largest absolute Gasteiger partial charge is 0.469 e. The summed E-state index contributed by atoms with van der Waals surface area (Å²) < 4.78 is 31.3.